The fraction of sp³-hybridized carbons (Fsp3) is 0.429. The summed E-state index contributed by atoms with van der Waals surface area (Å²) in [6.45, 7) is 9.87. The lowest BCUT2D eigenvalue weighted by Crippen LogP contribution is -2.22. The van der Waals surface area contributed by atoms with Crippen LogP contribution in [0.25, 0.3) is 6.08 Å². The average Bonchev–Trinajstić information content (AvgIpc) is 2.30. The molecule has 0 amide bonds. The van der Waals surface area contributed by atoms with Gasteiger partial charge in [0.25, 0.3) is 0 Å². The number of hydrogen-bond donors (Lipinski definition) is 0. The maximum Gasteiger partial charge on any atom is 0.0236 e. The van der Waals surface area contributed by atoms with Crippen LogP contribution < -0.4 is 0 Å². The zero-order valence-electron chi connectivity index (χ0n) is 10.3. The third-order valence-corrected chi connectivity index (χ3v) is 3.28. The molecule has 0 spiro atoms. The average molecular weight is 282 g/mol. The lowest BCUT2D eigenvalue weighted by molar-refractivity contribution is 0.295. The number of benzene rings is 1. The van der Waals surface area contributed by atoms with E-state index in [2.05, 4.69) is 65.9 Å². The second-order valence-corrected chi connectivity index (χ2v) is 4.41. The van der Waals surface area contributed by atoms with E-state index in [1.807, 2.05) is 4.99 Å². The van der Waals surface area contributed by atoms with E-state index in [0.717, 1.165) is 19.6 Å². The number of nitrogens with zero attached hydrogens (tertiary/aromatic N) is 1. The number of halogens is 1. The van der Waals surface area contributed by atoms with Gasteiger partial charge >= 0.3 is 0 Å². The van der Waals surface area contributed by atoms with Crippen molar-refractivity contribution in [1.29, 1.82) is 0 Å². The molecule has 1 aromatic rings. The van der Waals surface area contributed by atoms with Gasteiger partial charge in [0, 0.05) is 6.54 Å². The third-order valence-electron chi connectivity index (χ3n) is 3.02. The summed E-state index contributed by atoms with van der Waals surface area (Å²) in [5, 5.41) is 0. The van der Waals surface area contributed by atoms with Crippen molar-refractivity contribution >= 4 is 22.0 Å². The summed E-state index contributed by atoms with van der Waals surface area (Å²) in [5.41, 5.74) is 4.10. The van der Waals surface area contributed by atoms with Crippen LogP contribution >= 0.6 is 15.9 Å². The summed E-state index contributed by atoms with van der Waals surface area (Å²) in [5.74, 6) is 0. The molecular weight excluding hydrogens is 262 g/mol. The molecule has 0 heterocycles. The number of rotatable bonds is 5. The standard InChI is InChI=1S/C14H20BrN/c1-4-16(5-2)11-14-8-6-7-13(9-10-15)12(14)3/h6-10H,4-5,11H2,1-3H3. The summed E-state index contributed by atoms with van der Waals surface area (Å²) >= 11 is 3.33. The van der Waals surface area contributed by atoms with Crippen LogP contribution in [0.5, 0.6) is 0 Å². The maximum atomic E-state index is 3.33. The minimum Gasteiger partial charge on any atom is -0.300 e. The van der Waals surface area contributed by atoms with Crippen LogP contribution in [0.15, 0.2) is 23.2 Å². The second-order valence-electron chi connectivity index (χ2n) is 3.89. The van der Waals surface area contributed by atoms with Gasteiger partial charge < -0.3 is 0 Å². The summed E-state index contributed by atoms with van der Waals surface area (Å²) < 4.78 is 0. The highest BCUT2D eigenvalue weighted by Crippen LogP contribution is 2.17. The predicted octanol–water partition coefficient (Wildman–Crippen LogP) is 4.20. The zero-order valence-corrected chi connectivity index (χ0v) is 11.9. The first-order valence-corrected chi connectivity index (χ1v) is 6.72. The molecule has 1 nitrogen and oxygen atoms in total. The first-order chi connectivity index (χ1) is 7.72. The Balaban J connectivity index is 2.92. The van der Waals surface area contributed by atoms with Gasteiger partial charge in [-0.05, 0) is 47.8 Å². The van der Waals surface area contributed by atoms with E-state index in [4.69, 9.17) is 0 Å². The highest BCUT2D eigenvalue weighted by atomic mass is 79.9. The monoisotopic (exact) mass is 281 g/mol. The van der Waals surface area contributed by atoms with Gasteiger partial charge in [-0.15, -0.1) is 0 Å². The molecule has 0 radical (unpaired) electrons. The molecule has 0 N–H and O–H groups in total. The van der Waals surface area contributed by atoms with Crippen LogP contribution in [0, 0.1) is 6.92 Å². The van der Waals surface area contributed by atoms with Crippen molar-refractivity contribution in [2.75, 3.05) is 13.1 Å². The van der Waals surface area contributed by atoms with Gasteiger partial charge in [0.2, 0.25) is 0 Å². The van der Waals surface area contributed by atoms with E-state index in [1.54, 1.807) is 0 Å². The second kappa shape index (κ2) is 6.87. The van der Waals surface area contributed by atoms with Crippen molar-refractivity contribution in [3.63, 3.8) is 0 Å². The van der Waals surface area contributed by atoms with E-state index in [0.29, 0.717) is 0 Å². The Morgan fingerprint density at radius 2 is 1.94 bits per heavy atom. The van der Waals surface area contributed by atoms with Crippen LogP contribution in [0.3, 0.4) is 0 Å². The largest absolute Gasteiger partial charge is 0.300 e. The summed E-state index contributed by atoms with van der Waals surface area (Å²) in [6.07, 6.45) is 2.10. The van der Waals surface area contributed by atoms with Crippen LogP contribution in [-0.4, -0.2) is 18.0 Å². The molecule has 88 valence electrons. The Hall–Kier alpha value is -0.600. The van der Waals surface area contributed by atoms with Gasteiger partial charge in [-0.2, -0.15) is 0 Å². The van der Waals surface area contributed by atoms with Gasteiger partial charge in [-0.1, -0.05) is 48.0 Å². The van der Waals surface area contributed by atoms with Gasteiger partial charge in [0.15, 0.2) is 0 Å². The van der Waals surface area contributed by atoms with Crippen LogP contribution in [0.2, 0.25) is 0 Å². The van der Waals surface area contributed by atoms with E-state index in [1.165, 1.54) is 16.7 Å². The molecule has 0 bridgehead atoms. The first kappa shape index (κ1) is 13.5. The molecule has 1 aromatic carbocycles. The molecule has 0 aliphatic rings. The molecule has 0 aliphatic carbocycles. The van der Waals surface area contributed by atoms with Crippen molar-refractivity contribution in [1.82, 2.24) is 4.90 Å². The molecule has 0 saturated carbocycles. The zero-order chi connectivity index (χ0) is 12.0. The summed E-state index contributed by atoms with van der Waals surface area (Å²) in [7, 11) is 0. The van der Waals surface area contributed by atoms with E-state index >= 15 is 0 Å². The lowest BCUT2D eigenvalue weighted by atomic mass is 10.0. The molecule has 1 rings (SSSR count). The highest BCUT2D eigenvalue weighted by Gasteiger charge is 2.05. The van der Waals surface area contributed by atoms with Gasteiger partial charge in [-0.3, -0.25) is 4.90 Å². The predicted molar refractivity (Wildman–Crippen MR) is 75.8 cm³/mol. The Labute approximate surface area is 107 Å². The SMILES string of the molecule is CCN(CC)Cc1cccc(C=CBr)c1C. The molecule has 0 aliphatic heterocycles. The van der Waals surface area contributed by atoms with Crippen LogP contribution in [0.4, 0.5) is 0 Å². The lowest BCUT2D eigenvalue weighted by Gasteiger charge is -2.20. The fourth-order valence-electron chi connectivity index (χ4n) is 1.81. The van der Waals surface area contributed by atoms with E-state index in [9.17, 15) is 0 Å². The summed E-state index contributed by atoms with van der Waals surface area (Å²) in [4.78, 5) is 4.35. The molecule has 0 aromatic heterocycles. The van der Waals surface area contributed by atoms with Crippen molar-refractivity contribution in [3.8, 4) is 0 Å². The van der Waals surface area contributed by atoms with Crippen LogP contribution in [-0.2, 0) is 6.54 Å². The molecule has 0 atom stereocenters. The Bertz CT molecular complexity index is 354. The minimum absolute atomic E-state index is 1.04. The van der Waals surface area contributed by atoms with Gasteiger partial charge in [0.05, 0.1) is 0 Å². The third kappa shape index (κ3) is 3.46. The summed E-state index contributed by atoms with van der Waals surface area (Å²) in [6, 6.07) is 6.51. The molecule has 0 unspecified atom stereocenters. The topological polar surface area (TPSA) is 3.24 Å². The molecule has 0 fully saturated rings. The van der Waals surface area contributed by atoms with Crippen molar-refractivity contribution in [2.45, 2.75) is 27.3 Å². The van der Waals surface area contributed by atoms with Crippen molar-refractivity contribution < 1.29 is 0 Å². The van der Waals surface area contributed by atoms with Gasteiger partial charge in [-0.25, -0.2) is 0 Å². The van der Waals surface area contributed by atoms with Crippen molar-refractivity contribution in [3.05, 3.63) is 39.9 Å². The minimum atomic E-state index is 1.04. The van der Waals surface area contributed by atoms with Crippen molar-refractivity contribution in [2.24, 2.45) is 0 Å². The molecule has 0 saturated heterocycles. The number of hydrogen-bond acceptors (Lipinski definition) is 1. The van der Waals surface area contributed by atoms with Gasteiger partial charge in [0.1, 0.15) is 0 Å². The fourth-order valence-corrected chi connectivity index (χ4v) is 2.10. The highest BCUT2D eigenvalue weighted by molar-refractivity contribution is 9.11. The maximum absolute atomic E-state index is 3.33. The Kier molecular flexibility index (Phi) is 5.78. The Morgan fingerprint density at radius 1 is 1.25 bits per heavy atom. The quantitative estimate of drug-likeness (QED) is 0.782. The molecule has 16 heavy (non-hydrogen) atoms. The first-order valence-electron chi connectivity index (χ1n) is 5.80. The van der Waals surface area contributed by atoms with E-state index < -0.39 is 0 Å². The smallest absolute Gasteiger partial charge is 0.0236 e. The van der Waals surface area contributed by atoms with E-state index in [-0.39, 0.29) is 0 Å². The normalized spacial score (nSPS) is 11.6. The Morgan fingerprint density at radius 3 is 2.50 bits per heavy atom. The molecular formula is C14H20BrN. The van der Waals surface area contributed by atoms with Crippen LogP contribution in [0.1, 0.15) is 30.5 Å². The molecule has 2 heteroatoms.